The molecule has 1 aromatic heterocycles. The summed E-state index contributed by atoms with van der Waals surface area (Å²) in [4.78, 5) is 14.7. The highest BCUT2D eigenvalue weighted by molar-refractivity contribution is 6.01. The molecule has 2 aromatic rings. The molecule has 4 N–H and O–H groups in total. The Bertz CT molecular complexity index is 847. The first-order valence-electron chi connectivity index (χ1n) is 8.57. The number of aryl methyl sites for hydroxylation is 2. The SMILES string of the molecule is C=C/C(=C\c1c(C)n[nH]c1C)C(=O)N1CCC(N)(c2ccc(O)cc2)C1. The third-order valence-corrected chi connectivity index (χ3v) is 4.98. The molecule has 1 aliphatic heterocycles. The van der Waals surface area contributed by atoms with Gasteiger partial charge in [0.2, 0.25) is 0 Å². The second kappa shape index (κ2) is 6.80. The lowest BCUT2D eigenvalue weighted by atomic mass is 9.90. The van der Waals surface area contributed by atoms with Crippen molar-refractivity contribution in [3.63, 3.8) is 0 Å². The number of hydrogen-bond donors (Lipinski definition) is 3. The smallest absolute Gasteiger partial charge is 0.253 e. The number of amides is 1. The number of H-pyrrole nitrogens is 1. The highest BCUT2D eigenvalue weighted by atomic mass is 16.3. The van der Waals surface area contributed by atoms with Gasteiger partial charge in [0.25, 0.3) is 5.91 Å². The number of hydrogen-bond acceptors (Lipinski definition) is 4. The van der Waals surface area contributed by atoms with Crippen LogP contribution in [0.15, 0.2) is 42.5 Å². The number of phenolic OH excluding ortho intramolecular Hbond substituents is 1. The molecule has 0 bridgehead atoms. The lowest BCUT2D eigenvalue weighted by molar-refractivity contribution is -0.125. The molecule has 1 fully saturated rings. The van der Waals surface area contributed by atoms with Gasteiger partial charge < -0.3 is 15.7 Å². The monoisotopic (exact) mass is 352 g/mol. The van der Waals surface area contributed by atoms with E-state index in [2.05, 4.69) is 16.8 Å². The first-order chi connectivity index (χ1) is 12.3. The lowest BCUT2D eigenvalue weighted by Crippen LogP contribution is -2.41. The molecule has 0 spiro atoms. The summed E-state index contributed by atoms with van der Waals surface area (Å²) < 4.78 is 0. The third kappa shape index (κ3) is 3.28. The molecule has 136 valence electrons. The van der Waals surface area contributed by atoms with Crippen molar-refractivity contribution in [3.8, 4) is 5.75 Å². The number of benzene rings is 1. The normalized spacial score (nSPS) is 20.4. The zero-order valence-electron chi connectivity index (χ0n) is 15.1. The first-order valence-corrected chi connectivity index (χ1v) is 8.57. The second-order valence-electron chi connectivity index (χ2n) is 6.83. The summed E-state index contributed by atoms with van der Waals surface area (Å²) in [6.07, 6.45) is 4.06. The van der Waals surface area contributed by atoms with Crippen LogP contribution in [0.5, 0.6) is 5.75 Å². The molecular formula is C20H24N4O2. The van der Waals surface area contributed by atoms with Crippen molar-refractivity contribution >= 4 is 12.0 Å². The van der Waals surface area contributed by atoms with Gasteiger partial charge in [0, 0.05) is 29.9 Å². The zero-order valence-corrected chi connectivity index (χ0v) is 15.1. The number of aromatic hydroxyl groups is 1. The molecule has 1 aliphatic rings. The number of nitrogens with one attached hydrogen (secondary N) is 1. The first kappa shape index (κ1) is 17.9. The van der Waals surface area contributed by atoms with E-state index < -0.39 is 5.54 Å². The van der Waals surface area contributed by atoms with E-state index in [4.69, 9.17) is 5.73 Å². The molecule has 1 unspecified atom stereocenters. The molecule has 1 saturated heterocycles. The van der Waals surface area contributed by atoms with Gasteiger partial charge in [0.15, 0.2) is 0 Å². The fourth-order valence-corrected chi connectivity index (χ4v) is 3.35. The molecule has 26 heavy (non-hydrogen) atoms. The van der Waals surface area contributed by atoms with Gasteiger partial charge in [-0.2, -0.15) is 5.10 Å². The number of carbonyl (C=O) groups is 1. The summed E-state index contributed by atoms with van der Waals surface area (Å²) in [5, 5.41) is 16.5. The minimum Gasteiger partial charge on any atom is -0.508 e. The summed E-state index contributed by atoms with van der Waals surface area (Å²) in [6, 6.07) is 6.86. The molecule has 3 rings (SSSR count). The number of phenols is 1. The van der Waals surface area contributed by atoms with Gasteiger partial charge in [-0.15, -0.1) is 0 Å². The van der Waals surface area contributed by atoms with Crippen LogP contribution in [0.4, 0.5) is 0 Å². The Morgan fingerprint density at radius 3 is 2.65 bits per heavy atom. The van der Waals surface area contributed by atoms with Crippen LogP contribution in [-0.4, -0.2) is 39.2 Å². The Kier molecular flexibility index (Phi) is 4.70. The Hall–Kier alpha value is -2.86. The minimum absolute atomic E-state index is 0.0916. The molecule has 1 aromatic carbocycles. The van der Waals surface area contributed by atoms with Crippen molar-refractivity contribution in [1.82, 2.24) is 15.1 Å². The van der Waals surface area contributed by atoms with Crippen molar-refractivity contribution in [2.75, 3.05) is 13.1 Å². The number of nitrogens with zero attached hydrogens (tertiary/aromatic N) is 2. The fourth-order valence-electron chi connectivity index (χ4n) is 3.35. The average molecular weight is 352 g/mol. The van der Waals surface area contributed by atoms with Crippen molar-refractivity contribution < 1.29 is 9.90 Å². The highest BCUT2D eigenvalue weighted by Gasteiger charge is 2.38. The van der Waals surface area contributed by atoms with Crippen molar-refractivity contribution in [1.29, 1.82) is 0 Å². The molecule has 6 heteroatoms. The van der Waals surface area contributed by atoms with Gasteiger partial charge in [-0.1, -0.05) is 24.8 Å². The molecular weight excluding hydrogens is 328 g/mol. The van der Waals surface area contributed by atoms with Gasteiger partial charge in [-0.3, -0.25) is 9.89 Å². The third-order valence-electron chi connectivity index (χ3n) is 4.98. The van der Waals surface area contributed by atoms with Crippen LogP contribution in [0.2, 0.25) is 0 Å². The van der Waals surface area contributed by atoms with Crippen LogP contribution in [-0.2, 0) is 10.3 Å². The van der Waals surface area contributed by atoms with Gasteiger partial charge in [-0.05, 0) is 44.0 Å². The Labute approximate surface area is 153 Å². The quantitative estimate of drug-likeness (QED) is 0.581. The van der Waals surface area contributed by atoms with Crippen LogP contribution < -0.4 is 5.73 Å². The van der Waals surface area contributed by atoms with Gasteiger partial charge in [-0.25, -0.2) is 0 Å². The number of aromatic amines is 1. The standard InChI is InChI=1S/C20H24N4O2/c1-4-15(11-18-13(2)22-23-14(18)3)19(26)24-10-9-20(21,12-24)16-5-7-17(25)8-6-16/h4-8,11,25H,1,9-10,12,21H2,2-3H3,(H,22,23)/b15-11+. The highest BCUT2D eigenvalue weighted by Crippen LogP contribution is 2.31. The molecule has 1 atom stereocenters. The van der Waals surface area contributed by atoms with Crippen LogP contribution >= 0.6 is 0 Å². The van der Waals surface area contributed by atoms with Gasteiger partial charge >= 0.3 is 0 Å². The average Bonchev–Trinajstić information content (AvgIpc) is 3.17. The Balaban J connectivity index is 1.82. The predicted molar refractivity (Wildman–Crippen MR) is 101 cm³/mol. The Morgan fingerprint density at radius 2 is 2.08 bits per heavy atom. The van der Waals surface area contributed by atoms with E-state index in [1.54, 1.807) is 23.1 Å². The van der Waals surface area contributed by atoms with Crippen molar-refractivity contribution in [2.45, 2.75) is 25.8 Å². The molecule has 2 heterocycles. The lowest BCUT2D eigenvalue weighted by Gasteiger charge is -2.25. The molecule has 0 saturated carbocycles. The molecule has 0 aliphatic carbocycles. The topological polar surface area (TPSA) is 95.2 Å². The van der Waals surface area contributed by atoms with Crippen LogP contribution in [0, 0.1) is 13.8 Å². The van der Waals surface area contributed by atoms with E-state index in [-0.39, 0.29) is 11.7 Å². The van der Waals surface area contributed by atoms with E-state index in [1.807, 2.05) is 32.1 Å². The molecule has 0 radical (unpaired) electrons. The maximum absolute atomic E-state index is 13.0. The van der Waals surface area contributed by atoms with Crippen molar-refractivity contribution in [2.24, 2.45) is 5.73 Å². The van der Waals surface area contributed by atoms with E-state index in [1.165, 1.54) is 0 Å². The summed E-state index contributed by atoms with van der Waals surface area (Å²) in [5.41, 5.74) is 10.0. The second-order valence-corrected chi connectivity index (χ2v) is 6.83. The maximum Gasteiger partial charge on any atom is 0.253 e. The summed E-state index contributed by atoms with van der Waals surface area (Å²) in [5.74, 6) is 0.108. The van der Waals surface area contributed by atoms with Gasteiger partial charge in [0.1, 0.15) is 5.75 Å². The summed E-state index contributed by atoms with van der Waals surface area (Å²) in [7, 11) is 0. The molecule has 6 nitrogen and oxygen atoms in total. The number of rotatable bonds is 4. The number of nitrogens with two attached hydrogens (primary N) is 1. The van der Waals surface area contributed by atoms with Gasteiger partial charge in [0.05, 0.1) is 11.2 Å². The van der Waals surface area contributed by atoms with E-state index >= 15 is 0 Å². The predicted octanol–water partition coefficient (Wildman–Crippen LogP) is 2.39. The van der Waals surface area contributed by atoms with Crippen molar-refractivity contribution in [3.05, 3.63) is 65.0 Å². The zero-order chi connectivity index (χ0) is 18.9. The van der Waals surface area contributed by atoms with Crippen LogP contribution in [0.1, 0.15) is 28.9 Å². The minimum atomic E-state index is -0.614. The number of likely N-dealkylation sites (tertiary alicyclic amines) is 1. The van der Waals surface area contributed by atoms with E-state index in [0.717, 1.165) is 22.5 Å². The number of carbonyl (C=O) groups excluding carboxylic acids is 1. The summed E-state index contributed by atoms with van der Waals surface area (Å²) >= 11 is 0. The fraction of sp³-hybridized carbons (Fsp3) is 0.300. The van der Waals surface area contributed by atoms with E-state index in [9.17, 15) is 9.90 Å². The van der Waals surface area contributed by atoms with E-state index in [0.29, 0.717) is 25.1 Å². The Morgan fingerprint density at radius 1 is 1.38 bits per heavy atom. The van der Waals surface area contributed by atoms with Crippen LogP contribution in [0.3, 0.4) is 0 Å². The van der Waals surface area contributed by atoms with Crippen LogP contribution in [0.25, 0.3) is 6.08 Å². The largest absolute Gasteiger partial charge is 0.508 e. The number of aromatic nitrogens is 2. The molecule has 1 amide bonds. The summed E-state index contributed by atoms with van der Waals surface area (Å²) in [6.45, 7) is 8.60. The maximum atomic E-state index is 13.0.